The van der Waals surface area contributed by atoms with Crippen molar-refractivity contribution in [2.75, 3.05) is 0 Å². The Balaban J connectivity index is 0.000000605. The van der Waals surface area contributed by atoms with Crippen LogP contribution in [-0.2, 0) is 13.1 Å². The van der Waals surface area contributed by atoms with Crippen molar-refractivity contribution in [1.82, 2.24) is 15.3 Å². The number of nitrogens with zero attached hydrogens (tertiary/aromatic N) is 1. The molecule has 2 heterocycles. The van der Waals surface area contributed by atoms with Gasteiger partial charge in [0.2, 0.25) is 0 Å². The Morgan fingerprint density at radius 2 is 2.27 bits per heavy atom. The van der Waals surface area contributed by atoms with E-state index in [-0.39, 0.29) is 12.4 Å². The zero-order valence-electron chi connectivity index (χ0n) is 5.76. The molecule has 3 nitrogen and oxygen atoms in total. The molecule has 11 heavy (non-hydrogen) atoms. The standard InChI is InChI=1S/C6H7N3S.ClH/c10-6-4-1-7-2-5(4)8-3-9-6;/h3,7H,1-2H2,(H,8,9,10);1H. The molecule has 0 bridgehead atoms. The van der Waals surface area contributed by atoms with E-state index in [9.17, 15) is 0 Å². The van der Waals surface area contributed by atoms with E-state index < -0.39 is 0 Å². The van der Waals surface area contributed by atoms with Crippen LogP contribution < -0.4 is 5.32 Å². The minimum atomic E-state index is 0. The molecule has 0 saturated heterocycles. The van der Waals surface area contributed by atoms with Gasteiger partial charge in [-0.05, 0) is 0 Å². The minimum Gasteiger partial charge on any atom is -0.348 e. The van der Waals surface area contributed by atoms with Gasteiger partial charge in [0.1, 0.15) is 4.64 Å². The van der Waals surface area contributed by atoms with Crippen molar-refractivity contribution in [2.24, 2.45) is 0 Å². The lowest BCUT2D eigenvalue weighted by Gasteiger charge is -1.93. The van der Waals surface area contributed by atoms with Crippen LogP contribution in [-0.4, -0.2) is 9.97 Å². The number of hydrogen-bond donors (Lipinski definition) is 2. The quantitative estimate of drug-likeness (QED) is 0.602. The van der Waals surface area contributed by atoms with Gasteiger partial charge in [-0.3, -0.25) is 0 Å². The number of aromatic amines is 1. The zero-order valence-corrected chi connectivity index (χ0v) is 7.39. The van der Waals surface area contributed by atoms with E-state index in [1.165, 1.54) is 5.69 Å². The second-order valence-corrected chi connectivity index (χ2v) is 2.66. The molecule has 0 atom stereocenters. The van der Waals surface area contributed by atoms with Crippen molar-refractivity contribution in [3.8, 4) is 0 Å². The monoisotopic (exact) mass is 189 g/mol. The highest BCUT2D eigenvalue weighted by Gasteiger charge is 2.10. The molecule has 2 rings (SSSR count). The lowest BCUT2D eigenvalue weighted by Crippen LogP contribution is -2.00. The molecule has 2 N–H and O–H groups in total. The van der Waals surface area contributed by atoms with Crippen LogP contribution in [0.25, 0.3) is 0 Å². The number of nitrogens with one attached hydrogen (secondary N) is 2. The van der Waals surface area contributed by atoms with Crippen LogP contribution in [0.1, 0.15) is 11.3 Å². The van der Waals surface area contributed by atoms with E-state index in [2.05, 4.69) is 15.3 Å². The summed E-state index contributed by atoms with van der Waals surface area (Å²) in [5, 5.41) is 3.19. The highest BCUT2D eigenvalue weighted by molar-refractivity contribution is 7.71. The van der Waals surface area contributed by atoms with Crippen molar-refractivity contribution in [1.29, 1.82) is 0 Å². The Morgan fingerprint density at radius 3 is 3.00 bits per heavy atom. The molecule has 1 aliphatic rings. The van der Waals surface area contributed by atoms with Crippen LogP contribution in [0.2, 0.25) is 0 Å². The van der Waals surface area contributed by atoms with Gasteiger partial charge in [0, 0.05) is 24.3 Å². The predicted octanol–water partition coefficient (Wildman–Crippen LogP) is 1.16. The lowest BCUT2D eigenvalue weighted by molar-refractivity contribution is 0.757. The van der Waals surface area contributed by atoms with E-state index in [4.69, 9.17) is 12.2 Å². The van der Waals surface area contributed by atoms with Crippen LogP contribution in [0.5, 0.6) is 0 Å². The van der Waals surface area contributed by atoms with Crippen LogP contribution in [0, 0.1) is 4.64 Å². The zero-order chi connectivity index (χ0) is 6.97. The van der Waals surface area contributed by atoms with Gasteiger partial charge in [-0.2, -0.15) is 0 Å². The number of aromatic nitrogens is 2. The van der Waals surface area contributed by atoms with Gasteiger partial charge in [-0.1, -0.05) is 12.2 Å². The Morgan fingerprint density at radius 1 is 1.45 bits per heavy atom. The van der Waals surface area contributed by atoms with Gasteiger partial charge in [0.05, 0.1) is 6.33 Å². The van der Waals surface area contributed by atoms with E-state index in [0.717, 1.165) is 23.3 Å². The third-order valence-electron chi connectivity index (χ3n) is 1.65. The molecule has 0 amide bonds. The first-order valence-corrected chi connectivity index (χ1v) is 3.55. The second-order valence-electron chi connectivity index (χ2n) is 2.27. The molecule has 1 aromatic rings. The summed E-state index contributed by atoms with van der Waals surface area (Å²) in [7, 11) is 0. The Labute approximate surface area is 75.7 Å². The molecule has 0 spiro atoms. The summed E-state index contributed by atoms with van der Waals surface area (Å²) in [6.07, 6.45) is 1.65. The van der Waals surface area contributed by atoms with Crippen molar-refractivity contribution >= 4 is 24.6 Å². The van der Waals surface area contributed by atoms with Gasteiger partial charge < -0.3 is 10.3 Å². The first-order valence-electron chi connectivity index (χ1n) is 3.14. The summed E-state index contributed by atoms with van der Waals surface area (Å²) >= 11 is 5.01. The molecule has 0 unspecified atom stereocenters. The summed E-state index contributed by atoms with van der Waals surface area (Å²) in [5.41, 5.74) is 2.33. The van der Waals surface area contributed by atoms with Gasteiger partial charge in [-0.25, -0.2) is 4.98 Å². The average Bonchev–Trinajstić information content (AvgIpc) is 2.36. The highest BCUT2D eigenvalue weighted by Crippen LogP contribution is 2.10. The van der Waals surface area contributed by atoms with E-state index >= 15 is 0 Å². The molecular formula is C6H8ClN3S. The summed E-state index contributed by atoms with van der Waals surface area (Å²) in [6.45, 7) is 1.75. The van der Waals surface area contributed by atoms with E-state index in [1.807, 2.05) is 0 Å². The topological polar surface area (TPSA) is 40.7 Å². The fourth-order valence-corrected chi connectivity index (χ4v) is 1.36. The normalized spacial score (nSPS) is 13.8. The maximum Gasteiger partial charge on any atom is 0.134 e. The number of rotatable bonds is 0. The fourth-order valence-electron chi connectivity index (χ4n) is 1.12. The number of halogens is 1. The Hall–Kier alpha value is -0.450. The summed E-state index contributed by atoms with van der Waals surface area (Å²) in [4.78, 5) is 7.02. The molecule has 0 aliphatic carbocycles. The molecule has 0 fully saturated rings. The summed E-state index contributed by atoms with van der Waals surface area (Å²) in [6, 6.07) is 0. The maximum absolute atomic E-state index is 5.01. The van der Waals surface area contributed by atoms with Crippen molar-refractivity contribution < 1.29 is 0 Å². The van der Waals surface area contributed by atoms with Crippen LogP contribution in [0.4, 0.5) is 0 Å². The Bertz CT molecular complexity index is 309. The van der Waals surface area contributed by atoms with Crippen molar-refractivity contribution in [3.05, 3.63) is 22.2 Å². The fraction of sp³-hybridized carbons (Fsp3) is 0.333. The average molecular weight is 190 g/mol. The van der Waals surface area contributed by atoms with Crippen molar-refractivity contribution in [2.45, 2.75) is 13.1 Å². The molecule has 0 aromatic carbocycles. The molecule has 0 radical (unpaired) electrons. The molecular weight excluding hydrogens is 182 g/mol. The first-order chi connectivity index (χ1) is 4.88. The molecule has 0 saturated carbocycles. The molecule has 1 aromatic heterocycles. The summed E-state index contributed by atoms with van der Waals surface area (Å²) < 4.78 is 0.721. The second kappa shape index (κ2) is 3.30. The first kappa shape index (κ1) is 8.64. The molecule has 1 aliphatic heterocycles. The van der Waals surface area contributed by atoms with Gasteiger partial charge >= 0.3 is 0 Å². The summed E-state index contributed by atoms with van der Waals surface area (Å²) in [5.74, 6) is 0. The van der Waals surface area contributed by atoms with E-state index in [1.54, 1.807) is 6.33 Å². The minimum absolute atomic E-state index is 0. The van der Waals surface area contributed by atoms with Gasteiger partial charge in [0.15, 0.2) is 0 Å². The third-order valence-corrected chi connectivity index (χ3v) is 2.00. The third kappa shape index (κ3) is 1.42. The number of fused-ring (bicyclic) bond motifs is 1. The highest BCUT2D eigenvalue weighted by atomic mass is 35.5. The predicted molar refractivity (Wildman–Crippen MR) is 47.2 cm³/mol. The molecule has 60 valence electrons. The van der Waals surface area contributed by atoms with E-state index in [0.29, 0.717) is 0 Å². The van der Waals surface area contributed by atoms with Crippen LogP contribution in [0.15, 0.2) is 6.33 Å². The van der Waals surface area contributed by atoms with Crippen LogP contribution in [0.3, 0.4) is 0 Å². The maximum atomic E-state index is 5.01. The number of H-pyrrole nitrogens is 1. The largest absolute Gasteiger partial charge is 0.348 e. The molecule has 5 heteroatoms. The lowest BCUT2D eigenvalue weighted by atomic mass is 10.3. The van der Waals surface area contributed by atoms with Crippen LogP contribution >= 0.6 is 24.6 Å². The Kier molecular flexibility index (Phi) is 2.59. The van der Waals surface area contributed by atoms with Crippen molar-refractivity contribution in [3.63, 3.8) is 0 Å². The SMILES string of the molecule is Cl.S=c1nc[nH]c2c1CNC2. The van der Waals surface area contributed by atoms with Gasteiger partial charge in [0.25, 0.3) is 0 Å². The smallest absolute Gasteiger partial charge is 0.134 e. The van der Waals surface area contributed by atoms with Gasteiger partial charge in [-0.15, -0.1) is 12.4 Å². The number of hydrogen-bond acceptors (Lipinski definition) is 3.